The van der Waals surface area contributed by atoms with Gasteiger partial charge in [-0.1, -0.05) is 0 Å². The van der Waals surface area contributed by atoms with E-state index >= 15 is 0 Å². The molecule has 1 spiro atoms. The molecule has 0 N–H and O–H groups in total. The molecule has 126 valence electrons. The molecule has 3 fully saturated rings. The maximum atomic E-state index is 13.0. The molecule has 0 aromatic carbocycles. The topological polar surface area (TPSA) is 75.5 Å². The summed E-state index contributed by atoms with van der Waals surface area (Å²) in [5.74, 6) is 0.0567. The molecule has 7 nitrogen and oxygen atoms in total. The largest absolute Gasteiger partial charge is 0.309 e. The van der Waals surface area contributed by atoms with Crippen LogP contribution in [0.1, 0.15) is 32.1 Å². The number of aromatic nitrogens is 2. The van der Waals surface area contributed by atoms with E-state index in [1.54, 1.807) is 20.1 Å². The standard InChI is InChI=1S/C15H22N4O3S/c1-17-10-12(9-16-17)19-8-6-15(14(19)20)5-2-7-18(11-15)23(21,22)13-3-4-13/h9-10,13H,2-8,11H2,1H3. The first-order chi connectivity index (χ1) is 10.9. The van der Waals surface area contributed by atoms with Gasteiger partial charge in [0.05, 0.1) is 22.5 Å². The first kappa shape index (κ1) is 15.1. The van der Waals surface area contributed by atoms with Crippen LogP contribution in [0.4, 0.5) is 5.69 Å². The molecule has 2 aliphatic heterocycles. The van der Waals surface area contributed by atoms with Gasteiger partial charge in [-0.3, -0.25) is 9.48 Å². The van der Waals surface area contributed by atoms with Crippen molar-refractivity contribution < 1.29 is 13.2 Å². The van der Waals surface area contributed by atoms with Crippen molar-refractivity contribution in [2.24, 2.45) is 12.5 Å². The number of hydrogen-bond donors (Lipinski definition) is 0. The molecular formula is C15H22N4O3S. The Balaban J connectivity index is 1.57. The molecule has 0 bridgehead atoms. The van der Waals surface area contributed by atoms with E-state index in [-0.39, 0.29) is 11.2 Å². The van der Waals surface area contributed by atoms with Gasteiger partial charge >= 0.3 is 0 Å². The highest BCUT2D eigenvalue weighted by Crippen LogP contribution is 2.44. The molecule has 0 radical (unpaired) electrons. The Morgan fingerprint density at radius 1 is 1.26 bits per heavy atom. The summed E-state index contributed by atoms with van der Waals surface area (Å²) < 4.78 is 28.3. The molecule has 2 saturated heterocycles. The number of hydrogen-bond acceptors (Lipinski definition) is 4. The molecule has 8 heteroatoms. The van der Waals surface area contributed by atoms with E-state index < -0.39 is 15.4 Å². The van der Waals surface area contributed by atoms with Gasteiger partial charge in [0.25, 0.3) is 0 Å². The fraction of sp³-hybridized carbons (Fsp3) is 0.733. The monoisotopic (exact) mass is 338 g/mol. The highest BCUT2D eigenvalue weighted by Gasteiger charge is 2.52. The number of carbonyl (C=O) groups excluding carboxylic acids is 1. The molecule has 1 amide bonds. The van der Waals surface area contributed by atoms with Crippen molar-refractivity contribution in [3.8, 4) is 0 Å². The zero-order chi connectivity index (χ0) is 16.2. The maximum absolute atomic E-state index is 13.0. The molecule has 1 aromatic heterocycles. The maximum Gasteiger partial charge on any atom is 0.234 e. The summed E-state index contributed by atoms with van der Waals surface area (Å²) in [4.78, 5) is 14.8. The number of sulfonamides is 1. The molecule has 3 aliphatic rings. The molecule has 1 atom stereocenters. The van der Waals surface area contributed by atoms with Crippen LogP contribution in [0.15, 0.2) is 12.4 Å². The summed E-state index contributed by atoms with van der Waals surface area (Å²) in [5.41, 5.74) is 0.257. The van der Waals surface area contributed by atoms with E-state index in [0.717, 1.165) is 37.8 Å². The summed E-state index contributed by atoms with van der Waals surface area (Å²) in [7, 11) is -1.38. The van der Waals surface area contributed by atoms with E-state index in [9.17, 15) is 13.2 Å². The van der Waals surface area contributed by atoms with Crippen LogP contribution in [0.2, 0.25) is 0 Å². The summed E-state index contributed by atoms with van der Waals surface area (Å²) >= 11 is 0. The Morgan fingerprint density at radius 3 is 2.70 bits per heavy atom. The van der Waals surface area contributed by atoms with Crippen molar-refractivity contribution in [1.82, 2.24) is 14.1 Å². The zero-order valence-electron chi connectivity index (χ0n) is 13.3. The highest BCUT2D eigenvalue weighted by molar-refractivity contribution is 7.90. The molecule has 1 saturated carbocycles. The number of carbonyl (C=O) groups is 1. The van der Waals surface area contributed by atoms with E-state index in [1.807, 2.05) is 13.2 Å². The second kappa shape index (κ2) is 5.04. The molecular weight excluding hydrogens is 316 g/mol. The lowest BCUT2D eigenvalue weighted by Crippen LogP contribution is -2.50. The van der Waals surface area contributed by atoms with Gasteiger partial charge in [-0.2, -0.15) is 5.10 Å². The quantitative estimate of drug-likeness (QED) is 0.814. The molecule has 4 rings (SSSR count). The minimum absolute atomic E-state index is 0.0567. The van der Waals surface area contributed by atoms with Crippen LogP contribution in [-0.4, -0.2) is 53.3 Å². The minimum atomic E-state index is -3.21. The normalized spacial score (nSPS) is 29.6. The van der Waals surface area contributed by atoms with Crippen LogP contribution < -0.4 is 4.90 Å². The third-order valence-corrected chi connectivity index (χ3v) is 7.71. The van der Waals surface area contributed by atoms with Gasteiger partial charge in [-0.25, -0.2) is 12.7 Å². The zero-order valence-corrected chi connectivity index (χ0v) is 14.1. The van der Waals surface area contributed by atoms with Crippen molar-refractivity contribution in [3.63, 3.8) is 0 Å². The van der Waals surface area contributed by atoms with Crippen LogP contribution >= 0.6 is 0 Å². The van der Waals surface area contributed by atoms with Crippen LogP contribution in [0.25, 0.3) is 0 Å². The fourth-order valence-electron chi connectivity index (χ4n) is 3.88. The van der Waals surface area contributed by atoms with Gasteiger partial charge < -0.3 is 4.90 Å². The SMILES string of the molecule is Cn1cc(N2CCC3(CCCN(S(=O)(=O)C4CC4)C3)C2=O)cn1. The van der Waals surface area contributed by atoms with E-state index in [4.69, 9.17) is 0 Å². The Labute approximate surface area is 136 Å². The van der Waals surface area contributed by atoms with Crippen molar-refractivity contribution in [2.45, 2.75) is 37.4 Å². The second-order valence-corrected chi connectivity index (χ2v) is 9.25. The molecule has 1 aromatic rings. The van der Waals surface area contributed by atoms with Crippen molar-refractivity contribution in [1.29, 1.82) is 0 Å². The molecule has 1 aliphatic carbocycles. The lowest BCUT2D eigenvalue weighted by atomic mass is 9.79. The van der Waals surface area contributed by atoms with Crippen molar-refractivity contribution in [3.05, 3.63) is 12.4 Å². The van der Waals surface area contributed by atoms with Gasteiger partial charge in [0.2, 0.25) is 15.9 Å². The van der Waals surface area contributed by atoms with E-state index in [1.165, 1.54) is 0 Å². The summed E-state index contributed by atoms with van der Waals surface area (Å²) in [5, 5.41) is 3.93. The number of anilines is 1. The third kappa shape index (κ3) is 2.39. The van der Waals surface area contributed by atoms with Gasteiger partial charge in [-0.15, -0.1) is 0 Å². The predicted molar refractivity (Wildman–Crippen MR) is 85.4 cm³/mol. The Hall–Kier alpha value is -1.41. The number of nitrogens with zero attached hydrogens (tertiary/aromatic N) is 4. The van der Waals surface area contributed by atoms with Crippen LogP contribution in [0.3, 0.4) is 0 Å². The van der Waals surface area contributed by atoms with Gasteiger partial charge in [0.15, 0.2) is 0 Å². The van der Waals surface area contributed by atoms with E-state index in [2.05, 4.69) is 5.10 Å². The first-order valence-electron chi connectivity index (χ1n) is 8.22. The highest BCUT2D eigenvalue weighted by atomic mass is 32.2. The summed E-state index contributed by atoms with van der Waals surface area (Å²) in [6, 6.07) is 0. The molecule has 23 heavy (non-hydrogen) atoms. The van der Waals surface area contributed by atoms with Crippen LogP contribution in [-0.2, 0) is 21.9 Å². The van der Waals surface area contributed by atoms with Gasteiger partial charge in [0.1, 0.15) is 0 Å². The number of amides is 1. The number of aryl methyl sites for hydroxylation is 1. The summed E-state index contributed by atoms with van der Waals surface area (Å²) in [6.45, 7) is 1.55. The molecule has 1 unspecified atom stereocenters. The summed E-state index contributed by atoms with van der Waals surface area (Å²) in [6.07, 6.45) is 7.31. The average molecular weight is 338 g/mol. The number of piperidine rings is 1. The Kier molecular flexibility index (Phi) is 3.32. The van der Waals surface area contributed by atoms with Crippen molar-refractivity contribution >= 4 is 21.6 Å². The first-order valence-corrected chi connectivity index (χ1v) is 9.72. The predicted octanol–water partition coefficient (Wildman–Crippen LogP) is 0.731. The average Bonchev–Trinajstić information content (AvgIpc) is 3.25. The Morgan fingerprint density at radius 2 is 2.04 bits per heavy atom. The van der Waals surface area contributed by atoms with Crippen molar-refractivity contribution in [2.75, 3.05) is 24.5 Å². The third-order valence-electron chi connectivity index (χ3n) is 5.36. The van der Waals surface area contributed by atoms with Gasteiger partial charge in [0, 0.05) is 32.9 Å². The number of rotatable bonds is 3. The second-order valence-electron chi connectivity index (χ2n) is 7.04. The minimum Gasteiger partial charge on any atom is -0.309 e. The van der Waals surface area contributed by atoms with E-state index in [0.29, 0.717) is 19.6 Å². The van der Waals surface area contributed by atoms with Crippen LogP contribution in [0.5, 0.6) is 0 Å². The van der Waals surface area contributed by atoms with Gasteiger partial charge in [-0.05, 0) is 32.1 Å². The lowest BCUT2D eigenvalue weighted by molar-refractivity contribution is -0.127. The lowest BCUT2D eigenvalue weighted by Gasteiger charge is -2.38. The van der Waals surface area contributed by atoms with Crippen LogP contribution in [0, 0.1) is 5.41 Å². The fourth-order valence-corrected chi connectivity index (χ4v) is 5.84. The molecule has 3 heterocycles. The smallest absolute Gasteiger partial charge is 0.234 e. The Bertz CT molecular complexity index is 740.